The molecule has 0 fully saturated rings. The second kappa shape index (κ2) is 10.0. The standard InChI is InChI=1S/C24H23N3O3S2/c1-3-16-6-4-8-18(12-16)25-21(28)15-32-24-26-20-10-11-31-22(20)23(29)27(24)14-17-7-5-9-19(13-17)30-2/h4-13H,3,14-15H2,1-2H3,(H,25,28). The van der Waals surface area contributed by atoms with Crippen molar-refractivity contribution in [2.24, 2.45) is 0 Å². The topological polar surface area (TPSA) is 73.2 Å². The van der Waals surface area contributed by atoms with Gasteiger partial charge in [-0.3, -0.25) is 14.2 Å². The van der Waals surface area contributed by atoms with Crippen LogP contribution in [0.4, 0.5) is 5.69 Å². The number of aromatic nitrogens is 2. The van der Waals surface area contributed by atoms with Crippen LogP contribution in [0.3, 0.4) is 0 Å². The number of thioether (sulfide) groups is 1. The maximum atomic E-state index is 13.2. The largest absolute Gasteiger partial charge is 0.497 e. The predicted molar refractivity (Wildman–Crippen MR) is 131 cm³/mol. The van der Waals surface area contributed by atoms with E-state index in [9.17, 15) is 9.59 Å². The number of hydrogen-bond acceptors (Lipinski definition) is 6. The molecule has 0 radical (unpaired) electrons. The third-order valence-corrected chi connectivity index (χ3v) is 6.83. The summed E-state index contributed by atoms with van der Waals surface area (Å²) >= 11 is 2.63. The Morgan fingerprint density at radius 2 is 1.97 bits per heavy atom. The molecule has 0 saturated carbocycles. The van der Waals surface area contributed by atoms with Crippen LogP contribution in [0.25, 0.3) is 10.2 Å². The Kier molecular flexibility index (Phi) is 6.92. The summed E-state index contributed by atoms with van der Waals surface area (Å²) in [5.74, 6) is 0.732. The van der Waals surface area contributed by atoms with Gasteiger partial charge in [0.15, 0.2) is 5.16 Å². The Labute approximate surface area is 194 Å². The number of ether oxygens (including phenoxy) is 1. The number of aryl methyl sites for hydroxylation is 1. The number of carbonyl (C=O) groups is 1. The molecular weight excluding hydrogens is 442 g/mol. The summed E-state index contributed by atoms with van der Waals surface area (Å²) in [5.41, 5.74) is 3.40. The number of nitrogens with one attached hydrogen (secondary N) is 1. The monoisotopic (exact) mass is 465 g/mol. The summed E-state index contributed by atoms with van der Waals surface area (Å²) in [7, 11) is 1.61. The van der Waals surface area contributed by atoms with Crippen LogP contribution in [0.5, 0.6) is 5.75 Å². The predicted octanol–water partition coefficient (Wildman–Crippen LogP) is 4.81. The maximum absolute atomic E-state index is 13.2. The Bertz CT molecular complexity index is 1310. The minimum Gasteiger partial charge on any atom is -0.497 e. The fourth-order valence-electron chi connectivity index (χ4n) is 3.32. The van der Waals surface area contributed by atoms with E-state index in [4.69, 9.17) is 4.74 Å². The lowest BCUT2D eigenvalue weighted by molar-refractivity contribution is -0.113. The van der Waals surface area contributed by atoms with Crippen LogP contribution in [0, 0.1) is 0 Å². The molecule has 2 aromatic carbocycles. The average molecular weight is 466 g/mol. The fourth-order valence-corrected chi connectivity index (χ4v) is 4.90. The van der Waals surface area contributed by atoms with E-state index in [1.165, 1.54) is 23.1 Å². The number of anilines is 1. The van der Waals surface area contributed by atoms with E-state index in [1.54, 1.807) is 11.7 Å². The van der Waals surface area contributed by atoms with Crippen molar-refractivity contribution in [1.29, 1.82) is 0 Å². The average Bonchev–Trinajstić information content (AvgIpc) is 3.29. The number of fused-ring (bicyclic) bond motifs is 1. The van der Waals surface area contributed by atoms with E-state index in [2.05, 4.69) is 17.2 Å². The first-order chi connectivity index (χ1) is 15.6. The number of hydrogen-bond donors (Lipinski definition) is 1. The lowest BCUT2D eigenvalue weighted by atomic mass is 10.1. The van der Waals surface area contributed by atoms with E-state index in [0.717, 1.165) is 29.0 Å². The molecule has 6 nitrogen and oxygen atoms in total. The van der Waals surface area contributed by atoms with Crippen molar-refractivity contribution in [2.45, 2.75) is 25.0 Å². The number of thiophene rings is 1. The minimum atomic E-state index is -0.143. The van der Waals surface area contributed by atoms with Gasteiger partial charge in [-0.1, -0.05) is 43.0 Å². The van der Waals surface area contributed by atoms with Gasteiger partial charge in [-0.2, -0.15) is 0 Å². The molecule has 1 amide bonds. The van der Waals surface area contributed by atoms with E-state index in [0.29, 0.717) is 21.9 Å². The number of rotatable bonds is 8. The lowest BCUT2D eigenvalue weighted by Crippen LogP contribution is -2.24. The molecule has 2 aromatic heterocycles. The summed E-state index contributed by atoms with van der Waals surface area (Å²) in [6, 6.07) is 17.2. The fraction of sp³-hybridized carbons (Fsp3) is 0.208. The summed E-state index contributed by atoms with van der Waals surface area (Å²) in [4.78, 5) is 30.4. The van der Waals surface area contributed by atoms with Crippen LogP contribution in [0.2, 0.25) is 0 Å². The van der Waals surface area contributed by atoms with Crippen molar-refractivity contribution in [3.63, 3.8) is 0 Å². The molecule has 0 aliphatic rings. The molecule has 0 atom stereocenters. The van der Waals surface area contributed by atoms with Crippen LogP contribution >= 0.6 is 23.1 Å². The minimum absolute atomic E-state index is 0.105. The first-order valence-corrected chi connectivity index (χ1v) is 12.1. The highest BCUT2D eigenvalue weighted by molar-refractivity contribution is 7.99. The smallest absolute Gasteiger partial charge is 0.272 e. The third kappa shape index (κ3) is 5.03. The SMILES string of the molecule is CCc1cccc(NC(=O)CSc2nc3ccsc3c(=O)n2Cc2cccc(OC)c2)c1. The highest BCUT2D eigenvalue weighted by atomic mass is 32.2. The molecule has 8 heteroatoms. The summed E-state index contributed by atoms with van der Waals surface area (Å²) in [6.45, 7) is 2.42. The zero-order valence-corrected chi connectivity index (χ0v) is 19.5. The van der Waals surface area contributed by atoms with Gasteiger partial charge in [0.1, 0.15) is 10.4 Å². The highest BCUT2D eigenvalue weighted by Crippen LogP contribution is 2.23. The quantitative estimate of drug-likeness (QED) is 0.299. The first-order valence-electron chi connectivity index (χ1n) is 10.2. The Hall–Kier alpha value is -3.10. The van der Waals surface area contributed by atoms with Crippen molar-refractivity contribution < 1.29 is 9.53 Å². The van der Waals surface area contributed by atoms with Crippen LogP contribution in [-0.2, 0) is 17.8 Å². The van der Waals surface area contributed by atoms with Crippen LogP contribution in [0.15, 0.2) is 69.9 Å². The number of nitrogens with zero attached hydrogens (tertiary/aromatic N) is 2. The van der Waals surface area contributed by atoms with E-state index in [1.807, 2.05) is 60.0 Å². The zero-order valence-electron chi connectivity index (χ0n) is 17.8. The number of benzene rings is 2. The van der Waals surface area contributed by atoms with Crippen LogP contribution in [-0.4, -0.2) is 28.3 Å². The molecule has 1 N–H and O–H groups in total. The Morgan fingerprint density at radius 3 is 2.78 bits per heavy atom. The van der Waals surface area contributed by atoms with Gasteiger partial charge in [0.25, 0.3) is 5.56 Å². The van der Waals surface area contributed by atoms with Crippen molar-refractivity contribution >= 4 is 44.9 Å². The maximum Gasteiger partial charge on any atom is 0.272 e. The van der Waals surface area contributed by atoms with Gasteiger partial charge in [-0.15, -0.1) is 11.3 Å². The lowest BCUT2D eigenvalue weighted by Gasteiger charge is -2.13. The van der Waals surface area contributed by atoms with Crippen molar-refractivity contribution in [3.8, 4) is 5.75 Å². The second-order valence-electron chi connectivity index (χ2n) is 7.16. The number of carbonyl (C=O) groups excluding carboxylic acids is 1. The molecule has 2 heterocycles. The Morgan fingerprint density at radius 1 is 1.16 bits per heavy atom. The molecule has 0 aliphatic heterocycles. The van der Waals surface area contributed by atoms with E-state index < -0.39 is 0 Å². The van der Waals surface area contributed by atoms with Gasteiger partial charge in [-0.25, -0.2) is 4.98 Å². The molecule has 32 heavy (non-hydrogen) atoms. The van der Waals surface area contributed by atoms with Gasteiger partial charge in [0.05, 0.1) is 24.9 Å². The molecule has 0 aliphatic carbocycles. The van der Waals surface area contributed by atoms with Gasteiger partial charge in [0, 0.05) is 5.69 Å². The highest BCUT2D eigenvalue weighted by Gasteiger charge is 2.15. The normalized spacial score (nSPS) is 10.9. The molecule has 0 saturated heterocycles. The molecule has 0 spiro atoms. The molecule has 164 valence electrons. The molecule has 0 unspecified atom stereocenters. The zero-order chi connectivity index (χ0) is 22.5. The van der Waals surface area contributed by atoms with Crippen LogP contribution in [0.1, 0.15) is 18.1 Å². The van der Waals surface area contributed by atoms with Crippen molar-refractivity contribution in [1.82, 2.24) is 9.55 Å². The van der Waals surface area contributed by atoms with Crippen molar-refractivity contribution in [3.05, 3.63) is 81.5 Å². The molecule has 4 rings (SSSR count). The Balaban J connectivity index is 1.57. The van der Waals surface area contributed by atoms with Gasteiger partial charge in [0.2, 0.25) is 5.91 Å². The number of amides is 1. The summed E-state index contributed by atoms with van der Waals surface area (Å²) in [6.07, 6.45) is 0.902. The number of methoxy groups -OCH3 is 1. The van der Waals surface area contributed by atoms with E-state index >= 15 is 0 Å². The molecule has 0 bridgehead atoms. The van der Waals surface area contributed by atoms with Gasteiger partial charge < -0.3 is 10.1 Å². The molecular formula is C24H23N3O3S2. The summed E-state index contributed by atoms with van der Waals surface area (Å²) < 4.78 is 7.54. The first kappa shape index (κ1) is 22.1. The van der Waals surface area contributed by atoms with Crippen molar-refractivity contribution in [2.75, 3.05) is 18.2 Å². The molecule has 4 aromatic rings. The van der Waals surface area contributed by atoms with Crippen LogP contribution < -0.4 is 15.6 Å². The van der Waals surface area contributed by atoms with Gasteiger partial charge in [-0.05, 0) is 53.3 Å². The third-order valence-electron chi connectivity index (χ3n) is 4.96. The van der Waals surface area contributed by atoms with E-state index in [-0.39, 0.29) is 17.2 Å². The second-order valence-corrected chi connectivity index (χ2v) is 9.02. The van der Waals surface area contributed by atoms with Gasteiger partial charge >= 0.3 is 0 Å². The summed E-state index contributed by atoms with van der Waals surface area (Å²) in [5, 5.41) is 5.30.